The first-order valence-corrected chi connectivity index (χ1v) is 4.48. The van der Waals surface area contributed by atoms with Gasteiger partial charge in [-0.15, -0.1) is 0 Å². The summed E-state index contributed by atoms with van der Waals surface area (Å²) in [7, 11) is 0. The summed E-state index contributed by atoms with van der Waals surface area (Å²) < 4.78 is 0. The van der Waals surface area contributed by atoms with E-state index in [9.17, 15) is 19.8 Å². The van der Waals surface area contributed by atoms with Crippen molar-refractivity contribution in [3.8, 4) is 0 Å². The monoisotopic (exact) mass is 233 g/mol. The molecule has 0 bridgehead atoms. The molecule has 0 saturated carbocycles. The highest BCUT2D eigenvalue weighted by atomic mass is 16.4. The fourth-order valence-corrected chi connectivity index (χ4v) is 1.32. The van der Waals surface area contributed by atoms with E-state index in [1.54, 1.807) is 0 Å². The lowest BCUT2D eigenvalue weighted by atomic mass is 10.1. The van der Waals surface area contributed by atoms with Crippen molar-refractivity contribution in [3.63, 3.8) is 0 Å². The number of aliphatic hydroxyl groups excluding tert-OH is 2. The van der Waals surface area contributed by atoms with Gasteiger partial charge in [-0.1, -0.05) is 6.58 Å². The summed E-state index contributed by atoms with van der Waals surface area (Å²) >= 11 is 0. The Kier molecular flexibility index (Phi) is 5.09. The maximum absolute atomic E-state index is 10.9. The fourth-order valence-electron chi connectivity index (χ4n) is 1.32. The van der Waals surface area contributed by atoms with E-state index in [2.05, 4.69) is 6.58 Å². The predicted molar refractivity (Wildman–Crippen MR) is 53.4 cm³/mol. The molecule has 4 N–H and O–H groups in total. The molecule has 0 aromatic rings. The number of hydrogen-bond donors (Lipinski definition) is 4. The van der Waals surface area contributed by atoms with Crippen LogP contribution >= 0.6 is 0 Å². The van der Waals surface area contributed by atoms with Crippen LogP contribution in [0.5, 0.6) is 0 Å². The highest BCUT2D eigenvalue weighted by molar-refractivity contribution is 5.95. The number of aliphatic carboxylic acids is 2. The minimum atomic E-state index is -1.68. The first-order valence-electron chi connectivity index (χ1n) is 4.48. The van der Waals surface area contributed by atoms with E-state index in [0.717, 1.165) is 4.90 Å². The van der Waals surface area contributed by atoms with Crippen LogP contribution in [0, 0.1) is 0 Å². The third-order valence-electron chi connectivity index (χ3n) is 2.00. The van der Waals surface area contributed by atoms with Gasteiger partial charge >= 0.3 is 11.9 Å². The van der Waals surface area contributed by atoms with E-state index < -0.39 is 36.0 Å². The van der Waals surface area contributed by atoms with Gasteiger partial charge in [0.05, 0.1) is 5.57 Å². The second-order valence-corrected chi connectivity index (χ2v) is 3.28. The molecule has 0 aromatic carbocycles. The second-order valence-electron chi connectivity index (χ2n) is 3.28. The molecule has 0 aliphatic heterocycles. The zero-order valence-corrected chi connectivity index (χ0v) is 8.99. The summed E-state index contributed by atoms with van der Waals surface area (Å²) in [6.07, 6.45) is -2.64. The fraction of sp³-hybridized carbons (Fsp3) is 0.556. The van der Waals surface area contributed by atoms with Crippen molar-refractivity contribution >= 4 is 11.9 Å². The van der Waals surface area contributed by atoms with E-state index in [-0.39, 0.29) is 0 Å². The van der Waals surface area contributed by atoms with Crippen LogP contribution in [0.3, 0.4) is 0 Å². The number of aliphatic hydroxyl groups is 2. The molecule has 3 unspecified atom stereocenters. The van der Waals surface area contributed by atoms with Crippen molar-refractivity contribution < 1.29 is 30.0 Å². The number of carboxylic acid groups (broad SMARTS) is 2. The van der Waals surface area contributed by atoms with Gasteiger partial charge in [0, 0.05) is 0 Å². The Morgan fingerprint density at radius 1 is 1.12 bits per heavy atom. The SMILES string of the molecule is C=C(C(=O)O)C(C(=O)O)N(C(C)O)C(C)O. The zero-order chi connectivity index (χ0) is 13.0. The first kappa shape index (κ1) is 14.6. The van der Waals surface area contributed by atoms with Crippen LogP contribution in [0.4, 0.5) is 0 Å². The van der Waals surface area contributed by atoms with Gasteiger partial charge in [-0.25, -0.2) is 9.69 Å². The minimum absolute atomic E-state index is 0.630. The molecule has 0 saturated heterocycles. The molecule has 92 valence electrons. The van der Waals surface area contributed by atoms with Gasteiger partial charge in [-0.2, -0.15) is 0 Å². The minimum Gasteiger partial charge on any atom is -0.480 e. The summed E-state index contributed by atoms with van der Waals surface area (Å²) in [6, 6.07) is -1.68. The number of carbonyl (C=O) groups is 2. The van der Waals surface area contributed by atoms with E-state index >= 15 is 0 Å². The van der Waals surface area contributed by atoms with Crippen LogP contribution in [0.1, 0.15) is 13.8 Å². The predicted octanol–water partition coefficient (Wildman–Crippen LogP) is -0.941. The quantitative estimate of drug-likeness (QED) is 0.345. The average Bonchev–Trinajstić information content (AvgIpc) is 2.10. The van der Waals surface area contributed by atoms with Crippen LogP contribution in [-0.4, -0.2) is 55.8 Å². The van der Waals surface area contributed by atoms with Gasteiger partial charge in [0.15, 0.2) is 0 Å². The van der Waals surface area contributed by atoms with Crippen molar-refractivity contribution in [1.82, 2.24) is 4.90 Å². The van der Waals surface area contributed by atoms with Gasteiger partial charge in [-0.05, 0) is 13.8 Å². The topological polar surface area (TPSA) is 118 Å². The Morgan fingerprint density at radius 3 is 1.69 bits per heavy atom. The van der Waals surface area contributed by atoms with Crippen LogP contribution in [0.15, 0.2) is 12.2 Å². The molecule has 3 atom stereocenters. The van der Waals surface area contributed by atoms with Gasteiger partial charge in [-0.3, -0.25) is 4.79 Å². The van der Waals surface area contributed by atoms with Gasteiger partial charge < -0.3 is 20.4 Å². The normalized spacial score (nSPS) is 16.6. The molecule has 0 radical (unpaired) electrons. The molecule has 7 heteroatoms. The molecule has 0 aliphatic rings. The number of rotatable bonds is 6. The molecular weight excluding hydrogens is 218 g/mol. The van der Waals surface area contributed by atoms with Crippen molar-refractivity contribution in [1.29, 1.82) is 0 Å². The number of hydrogen-bond acceptors (Lipinski definition) is 5. The molecule has 0 rings (SSSR count). The van der Waals surface area contributed by atoms with E-state index in [0.29, 0.717) is 0 Å². The Balaban J connectivity index is 5.24. The third kappa shape index (κ3) is 3.30. The zero-order valence-electron chi connectivity index (χ0n) is 8.99. The average molecular weight is 233 g/mol. The molecule has 0 spiro atoms. The molecule has 16 heavy (non-hydrogen) atoms. The summed E-state index contributed by atoms with van der Waals surface area (Å²) in [5.74, 6) is -3.01. The number of nitrogens with zero attached hydrogens (tertiary/aromatic N) is 1. The molecule has 0 aliphatic carbocycles. The maximum Gasteiger partial charge on any atom is 0.333 e. The largest absolute Gasteiger partial charge is 0.480 e. The summed E-state index contributed by atoms with van der Waals surface area (Å²) in [5.41, 5.74) is -0.630. The standard InChI is InChI=1S/C9H15NO6/c1-4(8(13)14)7(9(15)16)10(5(2)11)6(3)12/h5-7,11-12H,1H2,2-3H3,(H,13,14)(H,15,16). The van der Waals surface area contributed by atoms with Crippen LogP contribution in [-0.2, 0) is 9.59 Å². The lowest BCUT2D eigenvalue weighted by Gasteiger charge is -2.33. The Bertz CT molecular complexity index is 290. The Labute approximate surface area is 92.2 Å². The van der Waals surface area contributed by atoms with Crippen LogP contribution < -0.4 is 0 Å². The summed E-state index contributed by atoms with van der Waals surface area (Å²) in [5, 5.41) is 36.1. The molecular formula is C9H15NO6. The highest BCUT2D eigenvalue weighted by Crippen LogP contribution is 2.15. The lowest BCUT2D eigenvalue weighted by molar-refractivity contribution is -0.159. The maximum atomic E-state index is 10.9. The van der Waals surface area contributed by atoms with E-state index in [1.807, 2.05) is 0 Å². The first-order chi connectivity index (χ1) is 7.20. The molecule has 0 aromatic heterocycles. The summed E-state index contributed by atoms with van der Waals surface area (Å²) in [6.45, 7) is 5.56. The van der Waals surface area contributed by atoms with Crippen molar-refractivity contribution in [2.75, 3.05) is 0 Å². The van der Waals surface area contributed by atoms with Crippen molar-refractivity contribution in [2.24, 2.45) is 0 Å². The summed E-state index contributed by atoms with van der Waals surface area (Å²) in [4.78, 5) is 22.3. The Morgan fingerprint density at radius 2 is 1.50 bits per heavy atom. The lowest BCUT2D eigenvalue weighted by Crippen LogP contribution is -2.52. The van der Waals surface area contributed by atoms with Crippen molar-refractivity contribution in [3.05, 3.63) is 12.2 Å². The molecule has 7 nitrogen and oxygen atoms in total. The molecule has 0 heterocycles. The molecule has 0 fully saturated rings. The van der Waals surface area contributed by atoms with Crippen LogP contribution in [0.2, 0.25) is 0 Å². The Hall–Kier alpha value is -1.44. The third-order valence-corrected chi connectivity index (χ3v) is 2.00. The van der Waals surface area contributed by atoms with Crippen molar-refractivity contribution in [2.45, 2.75) is 32.3 Å². The number of carboxylic acids is 2. The van der Waals surface area contributed by atoms with Gasteiger partial charge in [0.25, 0.3) is 0 Å². The molecule has 0 amide bonds. The van der Waals surface area contributed by atoms with Crippen LogP contribution in [0.25, 0.3) is 0 Å². The second kappa shape index (κ2) is 5.59. The van der Waals surface area contributed by atoms with Gasteiger partial charge in [0.1, 0.15) is 18.5 Å². The highest BCUT2D eigenvalue weighted by Gasteiger charge is 2.36. The van der Waals surface area contributed by atoms with E-state index in [4.69, 9.17) is 10.2 Å². The van der Waals surface area contributed by atoms with E-state index in [1.165, 1.54) is 13.8 Å². The van der Waals surface area contributed by atoms with Gasteiger partial charge in [0.2, 0.25) is 0 Å². The smallest absolute Gasteiger partial charge is 0.333 e.